The molecule has 0 aliphatic carbocycles. The minimum atomic E-state index is -4.66. The molecule has 2 heterocycles. The maximum absolute atomic E-state index is 13.2. The second kappa shape index (κ2) is 6.84. The van der Waals surface area contributed by atoms with Crippen LogP contribution >= 0.6 is 11.3 Å². The predicted molar refractivity (Wildman–Crippen MR) is 81.1 cm³/mol. The Balaban J connectivity index is 2.30. The van der Waals surface area contributed by atoms with Crippen LogP contribution in [0.5, 0.6) is 0 Å². The lowest BCUT2D eigenvalue weighted by molar-refractivity contribution is -0.383. The van der Waals surface area contributed by atoms with E-state index in [1.165, 1.54) is 0 Å². The summed E-state index contributed by atoms with van der Waals surface area (Å²) in [7, 11) is -3.76. The Morgan fingerprint density at radius 1 is 1.54 bits per heavy atom. The van der Waals surface area contributed by atoms with Crippen LogP contribution in [0, 0.1) is 10.1 Å². The normalized spacial score (nSPS) is 20.1. The molecule has 1 aromatic rings. The summed E-state index contributed by atoms with van der Waals surface area (Å²) in [5.74, 6) is 0. The van der Waals surface area contributed by atoms with Crippen molar-refractivity contribution in [2.75, 3.05) is 18.2 Å². The standard InChI is InChI=1S/C12H15F3N2O5S2/c1-24(20,21)10-6-8(17(18)19)11(23-10)16-9(12(13,14)15)5-7-3-2-4-22-7/h6-7,9,16H,2-5H2,1H3. The Kier molecular flexibility index (Phi) is 5.40. The molecule has 0 amide bonds. The molecule has 0 saturated carbocycles. The molecule has 0 spiro atoms. The zero-order chi connectivity index (χ0) is 18.1. The zero-order valence-corrected chi connectivity index (χ0v) is 14.1. The summed E-state index contributed by atoms with van der Waals surface area (Å²) in [5.41, 5.74) is -0.693. The van der Waals surface area contributed by atoms with Gasteiger partial charge in [0.2, 0.25) is 0 Å². The van der Waals surface area contributed by atoms with Crippen molar-refractivity contribution >= 4 is 31.9 Å². The highest BCUT2D eigenvalue weighted by molar-refractivity contribution is 7.92. The van der Waals surface area contributed by atoms with Crippen LogP contribution in [-0.4, -0.2) is 44.5 Å². The quantitative estimate of drug-likeness (QED) is 0.594. The third kappa shape index (κ3) is 4.57. The average molecular weight is 388 g/mol. The van der Waals surface area contributed by atoms with Gasteiger partial charge in [0.1, 0.15) is 10.3 Å². The van der Waals surface area contributed by atoms with Gasteiger partial charge in [0.15, 0.2) is 14.8 Å². The minimum Gasteiger partial charge on any atom is -0.378 e. The number of thiophene rings is 1. The van der Waals surface area contributed by atoms with Gasteiger partial charge in [-0.2, -0.15) is 13.2 Å². The maximum atomic E-state index is 13.2. The summed E-state index contributed by atoms with van der Waals surface area (Å²) in [6, 6.07) is -1.30. The molecule has 2 rings (SSSR count). The Labute approximate surface area is 139 Å². The smallest absolute Gasteiger partial charge is 0.378 e. The highest BCUT2D eigenvalue weighted by atomic mass is 32.2. The highest BCUT2D eigenvalue weighted by Gasteiger charge is 2.43. The van der Waals surface area contributed by atoms with E-state index in [1.807, 2.05) is 0 Å². The van der Waals surface area contributed by atoms with E-state index in [9.17, 15) is 31.7 Å². The Hall–Kier alpha value is -1.40. The van der Waals surface area contributed by atoms with Gasteiger partial charge >= 0.3 is 11.9 Å². The van der Waals surface area contributed by atoms with Crippen LogP contribution in [0.1, 0.15) is 19.3 Å². The summed E-state index contributed by atoms with van der Waals surface area (Å²) >= 11 is 0.416. The first-order chi connectivity index (χ1) is 11.0. The third-order valence-electron chi connectivity index (χ3n) is 3.48. The maximum Gasteiger partial charge on any atom is 0.408 e. The molecule has 1 aliphatic heterocycles. The molecule has 12 heteroatoms. The molecule has 1 fully saturated rings. The van der Waals surface area contributed by atoms with Crippen LogP contribution in [0.3, 0.4) is 0 Å². The first-order valence-corrected chi connectivity index (χ1v) is 9.62. The van der Waals surface area contributed by atoms with Crippen LogP contribution in [-0.2, 0) is 14.6 Å². The molecule has 0 radical (unpaired) electrons. The molecule has 0 aromatic carbocycles. The summed E-state index contributed by atoms with van der Waals surface area (Å²) < 4.78 is 67.5. The lowest BCUT2D eigenvalue weighted by atomic mass is 10.1. The van der Waals surface area contributed by atoms with Gasteiger partial charge in [0.05, 0.1) is 11.0 Å². The van der Waals surface area contributed by atoms with Crippen LogP contribution in [0.4, 0.5) is 23.9 Å². The number of sulfone groups is 1. The van der Waals surface area contributed by atoms with E-state index in [0.29, 0.717) is 30.8 Å². The molecule has 1 aromatic heterocycles. The van der Waals surface area contributed by atoms with Gasteiger partial charge in [-0.3, -0.25) is 10.1 Å². The van der Waals surface area contributed by atoms with Crippen molar-refractivity contribution in [2.24, 2.45) is 0 Å². The lowest BCUT2D eigenvalue weighted by Gasteiger charge is -2.24. The van der Waals surface area contributed by atoms with Crippen molar-refractivity contribution in [3.63, 3.8) is 0 Å². The average Bonchev–Trinajstić information content (AvgIpc) is 3.04. The number of ether oxygens (including phenoxy) is 1. The molecule has 24 heavy (non-hydrogen) atoms. The molecule has 0 bridgehead atoms. The van der Waals surface area contributed by atoms with Crippen molar-refractivity contribution < 1.29 is 31.2 Å². The fraction of sp³-hybridized carbons (Fsp3) is 0.667. The van der Waals surface area contributed by atoms with Crippen molar-refractivity contribution in [1.29, 1.82) is 0 Å². The van der Waals surface area contributed by atoms with Crippen LogP contribution in [0.2, 0.25) is 0 Å². The van der Waals surface area contributed by atoms with Crippen LogP contribution < -0.4 is 5.32 Å². The first-order valence-electron chi connectivity index (χ1n) is 6.91. The van der Waals surface area contributed by atoms with Gasteiger partial charge in [-0.05, 0) is 12.8 Å². The number of alkyl halides is 3. The Morgan fingerprint density at radius 2 is 2.21 bits per heavy atom. The van der Waals surface area contributed by atoms with Gasteiger partial charge in [0.25, 0.3) is 0 Å². The van der Waals surface area contributed by atoms with E-state index in [1.54, 1.807) is 0 Å². The largest absolute Gasteiger partial charge is 0.408 e. The van der Waals surface area contributed by atoms with Crippen molar-refractivity contribution in [3.05, 3.63) is 16.2 Å². The van der Waals surface area contributed by atoms with Gasteiger partial charge in [-0.15, -0.1) is 0 Å². The van der Waals surface area contributed by atoms with Crippen LogP contribution in [0.15, 0.2) is 10.3 Å². The summed E-state index contributed by atoms with van der Waals surface area (Å²) in [4.78, 5) is 10.1. The van der Waals surface area contributed by atoms with E-state index in [4.69, 9.17) is 4.74 Å². The van der Waals surface area contributed by atoms with E-state index in [0.717, 1.165) is 12.3 Å². The van der Waals surface area contributed by atoms with E-state index < -0.39 is 50.2 Å². The van der Waals surface area contributed by atoms with E-state index in [2.05, 4.69) is 5.32 Å². The van der Waals surface area contributed by atoms with Crippen molar-refractivity contribution in [3.8, 4) is 0 Å². The number of nitro groups is 1. The molecule has 2 atom stereocenters. The monoisotopic (exact) mass is 388 g/mol. The molecule has 1 N–H and O–H groups in total. The summed E-state index contributed by atoms with van der Waals surface area (Å²) in [5, 5.41) is 12.7. The fourth-order valence-corrected chi connectivity index (χ4v) is 4.30. The summed E-state index contributed by atoms with van der Waals surface area (Å²) in [6.45, 7) is 0.382. The highest BCUT2D eigenvalue weighted by Crippen LogP contribution is 2.40. The number of anilines is 1. The number of nitrogens with zero attached hydrogens (tertiary/aromatic N) is 1. The van der Waals surface area contributed by atoms with Crippen molar-refractivity contribution in [1.82, 2.24) is 0 Å². The number of halogens is 3. The lowest BCUT2D eigenvalue weighted by Crippen LogP contribution is -2.39. The second-order valence-corrected chi connectivity index (χ2v) is 8.71. The van der Waals surface area contributed by atoms with Crippen LogP contribution in [0.25, 0.3) is 0 Å². The topological polar surface area (TPSA) is 98.5 Å². The Morgan fingerprint density at radius 3 is 2.67 bits per heavy atom. The van der Waals surface area contributed by atoms with E-state index in [-0.39, 0.29) is 4.21 Å². The zero-order valence-electron chi connectivity index (χ0n) is 12.5. The van der Waals surface area contributed by atoms with E-state index >= 15 is 0 Å². The number of hydrogen-bond acceptors (Lipinski definition) is 7. The molecule has 136 valence electrons. The molecule has 7 nitrogen and oxygen atoms in total. The van der Waals surface area contributed by atoms with Crippen molar-refractivity contribution in [2.45, 2.75) is 41.8 Å². The molecule has 1 saturated heterocycles. The number of nitrogens with one attached hydrogen (secondary N) is 1. The number of hydrogen-bond donors (Lipinski definition) is 1. The van der Waals surface area contributed by atoms with Gasteiger partial charge in [-0.25, -0.2) is 8.42 Å². The summed E-state index contributed by atoms with van der Waals surface area (Å²) in [6.07, 6.45) is -3.67. The predicted octanol–water partition coefficient (Wildman–Crippen LogP) is 2.97. The SMILES string of the molecule is CS(=O)(=O)c1cc([N+](=O)[O-])c(NC(CC2CCCO2)C(F)(F)F)s1. The third-order valence-corrected chi connectivity index (χ3v) is 6.33. The first kappa shape index (κ1) is 18.9. The minimum absolute atomic E-state index is 0.366. The molecular weight excluding hydrogens is 373 g/mol. The fourth-order valence-electron chi connectivity index (χ4n) is 2.31. The Bertz CT molecular complexity index is 711. The van der Waals surface area contributed by atoms with Gasteiger partial charge in [-0.1, -0.05) is 11.3 Å². The second-order valence-electron chi connectivity index (χ2n) is 5.42. The molecular formula is C12H15F3N2O5S2. The number of rotatable bonds is 6. The van der Waals surface area contributed by atoms with Gasteiger partial charge < -0.3 is 10.1 Å². The molecule has 1 aliphatic rings. The molecule has 2 unspecified atom stereocenters. The van der Waals surface area contributed by atoms with Gasteiger partial charge in [0, 0.05) is 25.3 Å².